The van der Waals surface area contributed by atoms with Crippen molar-refractivity contribution in [1.82, 2.24) is 0 Å². The Morgan fingerprint density at radius 2 is 0.286 bits per heavy atom. The van der Waals surface area contributed by atoms with E-state index in [-0.39, 0.29) is 65.6 Å². The normalized spacial score (nSPS) is 0. The third-order valence-corrected chi connectivity index (χ3v) is 0. The summed E-state index contributed by atoms with van der Waals surface area (Å²) in [5.74, 6) is 0. The fraction of sp³-hybridized carbons (Fsp3) is 0. The van der Waals surface area contributed by atoms with Crippen molar-refractivity contribution in [2.24, 2.45) is 0 Å². The van der Waals surface area contributed by atoms with Gasteiger partial charge in [-0.15, -0.1) is 0 Å². The first-order valence-electron chi connectivity index (χ1n) is 0. The van der Waals surface area contributed by atoms with E-state index < -0.39 is 0 Å². The van der Waals surface area contributed by atoms with E-state index >= 15 is 0 Å². The standard InChI is InChI=1S/6H2O.Y/h6*1H2;. The van der Waals surface area contributed by atoms with Crippen LogP contribution >= 0.6 is 0 Å². The molecule has 0 amide bonds. The van der Waals surface area contributed by atoms with Gasteiger partial charge in [0, 0.05) is 32.7 Å². The molecule has 0 saturated carbocycles. The summed E-state index contributed by atoms with van der Waals surface area (Å²) < 4.78 is 0. The number of hydrogen-bond acceptors (Lipinski definition) is 0. The summed E-state index contributed by atoms with van der Waals surface area (Å²) in [4.78, 5) is 0. The molecule has 6 nitrogen and oxygen atoms in total. The molecule has 7 heavy (non-hydrogen) atoms. The van der Waals surface area contributed by atoms with E-state index in [1.54, 1.807) is 0 Å². The maximum absolute atomic E-state index is 0. The van der Waals surface area contributed by atoms with E-state index in [2.05, 4.69) is 0 Å². The summed E-state index contributed by atoms with van der Waals surface area (Å²) >= 11 is 0. The molecule has 0 aromatic carbocycles. The summed E-state index contributed by atoms with van der Waals surface area (Å²) in [6, 6.07) is 0. The summed E-state index contributed by atoms with van der Waals surface area (Å²) in [6.45, 7) is 0. The fourth-order valence-electron chi connectivity index (χ4n) is 0. The van der Waals surface area contributed by atoms with Gasteiger partial charge in [0.05, 0.1) is 0 Å². The average Bonchev–Trinajstić information content (AvgIpc) is 0. The molecule has 0 aromatic rings. The molecule has 0 spiro atoms. The van der Waals surface area contributed by atoms with Crippen LogP contribution in [0.25, 0.3) is 0 Å². The molecule has 12 N–H and O–H groups in total. The van der Waals surface area contributed by atoms with Crippen molar-refractivity contribution < 1.29 is 65.6 Å². The summed E-state index contributed by atoms with van der Waals surface area (Å²) in [7, 11) is 0. The second-order valence-electron chi connectivity index (χ2n) is 0. The minimum absolute atomic E-state index is 0. The van der Waals surface area contributed by atoms with Crippen molar-refractivity contribution in [1.29, 1.82) is 0 Å². The van der Waals surface area contributed by atoms with E-state index in [1.165, 1.54) is 0 Å². The molecule has 0 aliphatic carbocycles. The zero-order valence-electron chi connectivity index (χ0n) is 3.58. The minimum atomic E-state index is 0. The molecule has 51 valence electrons. The van der Waals surface area contributed by atoms with Crippen LogP contribution in [-0.4, -0.2) is 32.9 Å². The second-order valence-corrected chi connectivity index (χ2v) is 0. The zero-order valence-corrected chi connectivity index (χ0v) is 6.42. The molecule has 0 heterocycles. The Labute approximate surface area is 65.6 Å². The molecule has 0 rings (SSSR count). The van der Waals surface area contributed by atoms with Crippen LogP contribution in [0, 0.1) is 0 Å². The molecule has 0 bridgehead atoms. The van der Waals surface area contributed by atoms with Crippen LogP contribution in [0.1, 0.15) is 0 Å². The van der Waals surface area contributed by atoms with Gasteiger partial charge >= 0.3 is 0 Å². The van der Waals surface area contributed by atoms with Crippen LogP contribution in [0.2, 0.25) is 0 Å². The van der Waals surface area contributed by atoms with Crippen molar-refractivity contribution in [3.63, 3.8) is 0 Å². The first-order valence-corrected chi connectivity index (χ1v) is 0. The molecule has 0 saturated heterocycles. The van der Waals surface area contributed by atoms with E-state index in [1.807, 2.05) is 0 Å². The molecular formula is H12O6Y. The van der Waals surface area contributed by atoms with Crippen LogP contribution in [-0.2, 0) is 32.7 Å². The largest absolute Gasteiger partial charge is 0.412 e. The zero-order chi connectivity index (χ0) is 0. The van der Waals surface area contributed by atoms with Gasteiger partial charge in [-0.25, -0.2) is 0 Å². The summed E-state index contributed by atoms with van der Waals surface area (Å²) in [6.07, 6.45) is 0. The predicted octanol–water partition coefficient (Wildman–Crippen LogP) is -4.95. The Bertz CT molecular complexity index is 4.14. The molecule has 1 radical (unpaired) electrons. The third kappa shape index (κ3) is 218. The van der Waals surface area contributed by atoms with E-state index in [4.69, 9.17) is 0 Å². The smallest absolute Gasteiger partial charge is 0 e. The number of hydrogen-bond donors (Lipinski definition) is 0. The van der Waals surface area contributed by atoms with Gasteiger partial charge in [0.2, 0.25) is 0 Å². The monoisotopic (exact) mass is 197 g/mol. The van der Waals surface area contributed by atoms with Gasteiger partial charge in [-0.2, -0.15) is 0 Å². The van der Waals surface area contributed by atoms with Crippen molar-refractivity contribution in [2.75, 3.05) is 0 Å². The van der Waals surface area contributed by atoms with E-state index in [9.17, 15) is 0 Å². The molecule has 0 aliphatic rings. The maximum Gasteiger partial charge on any atom is 0 e. The Balaban J connectivity index is 0. The van der Waals surface area contributed by atoms with Crippen LogP contribution < -0.4 is 0 Å². The van der Waals surface area contributed by atoms with Gasteiger partial charge in [-0.05, 0) is 0 Å². The van der Waals surface area contributed by atoms with E-state index in [0.717, 1.165) is 0 Å². The fourth-order valence-corrected chi connectivity index (χ4v) is 0. The Hall–Kier alpha value is 0.864. The van der Waals surface area contributed by atoms with E-state index in [0.29, 0.717) is 0 Å². The van der Waals surface area contributed by atoms with Gasteiger partial charge in [0.25, 0.3) is 0 Å². The quantitative estimate of drug-likeness (QED) is 0.359. The van der Waals surface area contributed by atoms with Crippen LogP contribution in [0.4, 0.5) is 0 Å². The van der Waals surface area contributed by atoms with Crippen molar-refractivity contribution >= 4 is 0 Å². The molecule has 0 atom stereocenters. The molecule has 0 aromatic heterocycles. The van der Waals surface area contributed by atoms with Crippen LogP contribution in [0.3, 0.4) is 0 Å². The Kier molecular flexibility index (Phi) is 22400. The van der Waals surface area contributed by atoms with Crippen LogP contribution in [0.15, 0.2) is 0 Å². The topological polar surface area (TPSA) is 189 Å². The van der Waals surface area contributed by atoms with Crippen molar-refractivity contribution in [2.45, 2.75) is 0 Å². The summed E-state index contributed by atoms with van der Waals surface area (Å²) in [5, 5.41) is 0. The van der Waals surface area contributed by atoms with Gasteiger partial charge in [0.1, 0.15) is 0 Å². The SMILES string of the molecule is O.O.O.O.O.O.[Y]. The molecule has 7 heteroatoms. The molecule has 0 aliphatic heterocycles. The van der Waals surface area contributed by atoms with Gasteiger partial charge in [-0.3, -0.25) is 0 Å². The van der Waals surface area contributed by atoms with Crippen molar-refractivity contribution in [3.8, 4) is 0 Å². The first-order chi connectivity index (χ1) is 0. The minimum Gasteiger partial charge on any atom is -0.412 e. The first kappa shape index (κ1) is 496. The van der Waals surface area contributed by atoms with Crippen LogP contribution in [0.5, 0.6) is 0 Å². The molecule has 0 fully saturated rings. The maximum atomic E-state index is 0. The summed E-state index contributed by atoms with van der Waals surface area (Å²) in [5.41, 5.74) is 0. The molecular weight excluding hydrogens is 185 g/mol. The second kappa shape index (κ2) is 316. The van der Waals surface area contributed by atoms with Gasteiger partial charge in [-0.1, -0.05) is 0 Å². The van der Waals surface area contributed by atoms with Crippen molar-refractivity contribution in [3.05, 3.63) is 0 Å². The average molecular weight is 197 g/mol. The van der Waals surface area contributed by atoms with Gasteiger partial charge in [0.15, 0.2) is 0 Å². The Morgan fingerprint density at radius 3 is 0.286 bits per heavy atom. The third-order valence-electron chi connectivity index (χ3n) is 0. The Morgan fingerprint density at radius 1 is 0.286 bits per heavy atom. The predicted molar refractivity (Wildman–Crippen MR) is 21.7 cm³/mol. The van der Waals surface area contributed by atoms with Gasteiger partial charge < -0.3 is 32.9 Å². The number of rotatable bonds is 0. The molecule has 0 unspecified atom stereocenters.